The number of hydrogen-bond acceptors (Lipinski definition) is 2. The van der Waals surface area contributed by atoms with Crippen molar-refractivity contribution in [3.8, 4) is 0 Å². The van der Waals surface area contributed by atoms with Gasteiger partial charge in [0, 0.05) is 10.5 Å². The molecule has 2 heteroatoms. The van der Waals surface area contributed by atoms with Gasteiger partial charge in [-0.3, -0.25) is 0 Å². The molecule has 0 aromatic carbocycles. The number of fused-ring (bicyclic) bond motifs is 5. The van der Waals surface area contributed by atoms with Crippen LogP contribution < -0.4 is 0 Å². The smallest absolute Gasteiger partial charge is 0.0901 e. The summed E-state index contributed by atoms with van der Waals surface area (Å²) in [5.74, 6) is 2.96. The zero-order chi connectivity index (χ0) is 13.4. The number of thioether (sulfide) groups is 1. The van der Waals surface area contributed by atoms with Crippen LogP contribution in [0.4, 0.5) is 0 Å². The Balaban J connectivity index is 1.26. The van der Waals surface area contributed by atoms with Crippen molar-refractivity contribution in [1.29, 1.82) is 0 Å². The molecule has 0 aromatic rings. The average molecular weight is 292 g/mol. The number of rotatable bonds is 3. The molecular weight excluding hydrogens is 264 g/mol. The maximum atomic E-state index is 5.97. The fourth-order valence-electron chi connectivity index (χ4n) is 5.11. The van der Waals surface area contributed by atoms with Crippen molar-refractivity contribution >= 4 is 11.8 Å². The lowest BCUT2D eigenvalue weighted by Gasteiger charge is -2.37. The molecule has 0 amide bonds. The molecule has 1 nitrogen and oxygen atoms in total. The van der Waals surface area contributed by atoms with Crippen molar-refractivity contribution in [2.45, 2.75) is 74.7 Å². The summed E-state index contributed by atoms with van der Waals surface area (Å²) in [5.41, 5.74) is 1.57. The van der Waals surface area contributed by atoms with Crippen molar-refractivity contribution in [3.63, 3.8) is 0 Å². The van der Waals surface area contributed by atoms with Gasteiger partial charge in [-0.15, -0.1) is 0 Å². The summed E-state index contributed by atoms with van der Waals surface area (Å²) in [7, 11) is 0. The summed E-state index contributed by atoms with van der Waals surface area (Å²) in [4.78, 5) is 0. The van der Waals surface area contributed by atoms with Crippen LogP contribution >= 0.6 is 11.8 Å². The quantitative estimate of drug-likeness (QED) is 0.664. The van der Waals surface area contributed by atoms with Crippen LogP contribution in [0, 0.1) is 17.8 Å². The highest BCUT2D eigenvalue weighted by molar-refractivity contribution is 8.01. The molecule has 5 atom stereocenters. The average Bonchev–Trinajstić information content (AvgIpc) is 3.10. The second-order valence-corrected chi connectivity index (χ2v) is 8.95. The lowest BCUT2D eigenvalue weighted by molar-refractivity contribution is 0.101. The SMILES string of the molecule is C(OCC1CCC2C3CCC(S3)C2C1)=C1CCCCC1. The molecule has 112 valence electrons. The van der Waals surface area contributed by atoms with Gasteiger partial charge in [0.1, 0.15) is 0 Å². The highest BCUT2D eigenvalue weighted by atomic mass is 32.2. The molecule has 2 aliphatic heterocycles. The first kappa shape index (κ1) is 13.5. The lowest BCUT2D eigenvalue weighted by Crippen LogP contribution is -2.34. The van der Waals surface area contributed by atoms with E-state index in [4.69, 9.17) is 4.74 Å². The fourth-order valence-corrected chi connectivity index (χ4v) is 7.15. The minimum Gasteiger partial charge on any atom is -0.501 e. The molecule has 2 bridgehead atoms. The van der Waals surface area contributed by atoms with E-state index in [0.717, 1.165) is 34.9 Å². The van der Waals surface area contributed by atoms with E-state index in [9.17, 15) is 0 Å². The monoisotopic (exact) mass is 292 g/mol. The third-order valence-electron chi connectivity index (χ3n) is 6.18. The molecule has 0 N–H and O–H groups in total. The molecule has 2 saturated carbocycles. The van der Waals surface area contributed by atoms with E-state index in [2.05, 4.69) is 18.0 Å². The van der Waals surface area contributed by atoms with Crippen molar-refractivity contribution in [1.82, 2.24) is 0 Å². The minimum atomic E-state index is 0.844. The number of hydrogen-bond donors (Lipinski definition) is 0. The first-order chi connectivity index (χ1) is 9.90. The van der Waals surface area contributed by atoms with Gasteiger partial charge >= 0.3 is 0 Å². The van der Waals surface area contributed by atoms with Gasteiger partial charge in [-0.2, -0.15) is 11.8 Å². The van der Waals surface area contributed by atoms with Crippen molar-refractivity contribution in [3.05, 3.63) is 11.8 Å². The third kappa shape index (κ3) is 2.65. The van der Waals surface area contributed by atoms with E-state index in [-0.39, 0.29) is 0 Å². The summed E-state index contributed by atoms with van der Waals surface area (Å²) in [6.07, 6.45) is 16.3. The largest absolute Gasteiger partial charge is 0.501 e. The van der Waals surface area contributed by atoms with E-state index < -0.39 is 0 Å². The highest BCUT2D eigenvalue weighted by Crippen LogP contribution is 2.58. The lowest BCUT2D eigenvalue weighted by atomic mass is 9.68. The Morgan fingerprint density at radius 2 is 1.75 bits per heavy atom. The molecule has 4 rings (SSSR count). The summed E-state index contributed by atoms with van der Waals surface area (Å²) in [6, 6.07) is 0. The molecular formula is C18H28OS. The first-order valence-electron chi connectivity index (χ1n) is 8.85. The molecule has 0 spiro atoms. The van der Waals surface area contributed by atoms with Gasteiger partial charge in [-0.05, 0) is 81.1 Å². The summed E-state index contributed by atoms with van der Waals surface area (Å²) in [5, 5.41) is 2.06. The van der Waals surface area contributed by atoms with Crippen molar-refractivity contribution < 1.29 is 4.74 Å². The van der Waals surface area contributed by atoms with Gasteiger partial charge in [-0.25, -0.2) is 0 Å². The maximum absolute atomic E-state index is 5.97. The summed E-state index contributed by atoms with van der Waals surface area (Å²) in [6.45, 7) is 0.995. The molecule has 4 fully saturated rings. The Morgan fingerprint density at radius 1 is 0.950 bits per heavy atom. The van der Waals surface area contributed by atoms with Gasteiger partial charge in [0.25, 0.3) is 0 Å². The third-order valence-corrected chi connectivity index (χ3v) is 8.05. The molecule has 20 heavy (non-hydrogen) atoms. The van der Waals surface area contributed by atoms with Crippen LogP contribution in [0.15, 0.2) is 11.8 Å². The zero-order valence-electron chi connectivity index (χ0n) is 12.6. The van der Waals surface area contributed by atoms with Gasteiger partial charge in [0.2, 0.25) is 0 Å². The van der Waals surface area contributed by atoms with Gasteiger partial charge in [0.05, 0.1) is 12.9 Å². The van der Waals surface area contributed by atoms with E-state index in [1.807, 2.05) is 0 Å². The van der Waals surface area contributed by atoms with Crippen LogP contribution in [0.1, 0.15) is 64.2 Å². The predicted molar refractivity (Wildman–Crippen MR) is 85.8 cm³/mol. The van der Waals surface area contributed by atoms with Crippen LogP contribution in [0.3, 0.4) is 0 Å². The van der Waals surface area contributed by atoms with Crippen LogP contribution in [-0.4, -0.2) is 17.1 Å². The van der Waals surface area contributed by atoms with Gasteiger partial charge < -0.3 is 4.74 Å². The van der Waals surface area contributed by atoms with Gasteiger partial charge in [0.15, 0.2) is 0 Å². The van der Waals surface area contributed by atoms with Crippen molar-refractivity contribution in [2.24, 2.45) is 17.8 Å². The Hall–Kier alpha value is -0.110. The standard InChI is InChI=1S/C18H28OS/c1-2-4-13(5-3-1)11-19-12-14-6-7-15-16(10-14)18-9-8-17(15)20-18/h11,14-18H,1-10,12H2. The predicted octanol–water partition coefficient (Wildman–Crippen LogP) is 5.16. The Labute approximate surface area is 127 Å². The van der Waals surface area contributed by atoms with Gasteiger partial charge in [-0.1, -0.05) is 6.42 Å². The topological polar surface area (TPSA) is 9.23 Å². The molecule has 2 aliphatic carbocycles. The van der Waals surface area contributed by atoms with E-state index >= 15 is 0 Å². The normalized spacial score (nSPS) is 43.4. The molecule has 5 unspecified atom stereocenters. The fraction of sp³-hybridized carbons (Fsp3) is 0.889. The van der Waals surface area contributed by atoms with Crippen LogP contribution in [0.25, 0.3) is 0 Å². The van der Waals surface area contributed by atoms with Crippen LogP contribution in [-0.2, 0) is 4.74 Å². The summed E-state index contributed by atoms with van der Waals surface area (Å²) < 4.78 is 5.97. The van der Waals surface area contributed by atoms with Crippen LogP contribution in [0.2, 0.25) is 0 Å². The molecule has 4 aliphatic rings. The number of ether oxygens (including phenoxy) is 1. The summed E-state index contributed by atoms with van der Waals surface area (Å²) >= 11 is 2.33. The van der Waals surface area contributed by atoms with Crippen LogP contribution in [0.5, 0.6) is 0 Å². The molecule has 0 radical (unpaired) electrons. The molecule has 2 heterocycles. The number of allylic oxidation sites excluding steroid dienone is 1. The highest BCUT2D eigenvalue weighted by Gasteiger charge is 2.50. The molecule has 2 saturated heterocycles. The van der Waals surface area contributed by atoms with E-state index in [1.54, 1.807) is 5.57 Å². The Morgan fingerprint density at radius 3 is 2.60 bits per heavy atom. The zero-order valence-corrected chi connectivity index (χ0v) is 13.4. The van der Waals surface area contributed by atoms with Crippen molar-refractivity contribution in [2.75, 3.05) is 6.61 Å². The van der Waals surface area contributed by atoms with E-state index in [0.29, 0.717) is 0 Å². The molecule has 0 aromatic heterocycles. The maximum Gasteiger partial charge on any atom is 0.0901 e. The Kier molecular flexibility index (Phi) is 4.03. The van der Waals surface area contributed by atoms with E-state index in [1.165, 1.54) is 64.2 Å². The second kappa shape index (κ2) is 5.94. The second-order valence-electron chi connectivity index (χ2n) is 7.47. The minimum absolute atomic E-state index is 0.844. The Bertz CT molecular complexity index is 370. The first-order valence-corrected chi connectivity index (χ1v) is 9.79.